The molecule has 0 aromatic heterocycles. The predicted octanol–water partition coefficient (Wildman–Crippen LogP) is 3.26. The monoisotopic (exact) mass is 320 g/mol. The Bertz CT molecular complexity index is 556. The van der Waals surface area contributed by atoms with Crippen molar-refractivity contribution in [2.45, 2.75) is 52.0 Å². The summed E-state index contributed by atoms with van der Waals surface area (Å²) in [5.74, 6) is -0.395. The van der Waals surface area contributed by atoms with Crippen LogP contribution in [-0.4, -0.2) is 24.4 Å². The van der Waals surface area contributed by atoms with Crippen LogP contribution in [0, 0.1) is 11.7 Å². The van der Waals surface area contributed by atoms with Gasteiger partial charge in [0.25, 0.3) is 0 Å². The molecule has 1 aromatic carbocycles. The Morgan fingerprint density at radius 3 is 2.65 bits per heavy atom. The zero-order valence-electron chi connectivity index (χ0n) is 13.8. The number of rotatable bonds is 7. The summed E-state index contributed by atoms with van der Waals surface area (Å²) in [6.45, 7) is 4.54. The minimum Gasteiger partial charge on any atom is -0.351 e. The van der Waals surface area contributed by atoms with Gasteiger partial charge in [0.1, 0.15) is 5.82 Å². The molecular weight excluding hydrogens is 295 g/mol. The highest BCUT2D eigenvalue weighted by Crippen LogP contribution is 2.23. The van der Waals surface area contributed by atoms with E-state index in [0.717, 1.165) is 25.7 Å². The average Bonchev–Trinajstić information content (AvgIpc) is 2.87. The number of benzene rings is 1. The van der Waals surface area contributed by atoms with E-state index in [2.05, 4.69) is 19.2 Å². The van der Waals surface area contributed by atoms with Crippen LogP contribution in [-0.2, 0) is 9.59 Å². The number of anilines is 1. The van der Waals surface area contributed by atoms with E-state index in [9.17, 15) is 14.0 Å². The Hall–Kier alpha value is -1.91. The van der Waals surface area contributed by atoms with Crippen molar-refractivity contribution in [3.05, 3.63) is 30.1 Å². The summed E-state index contributed by atoms with van der Waals surface area (Å²) in [6, 6.07) is 5.79. The van der Waals surface area contributed by atoms with E-state index in [-0.39, 0.29) is 36.0 Å². The lowest BCUT2D eigenvalue weighted by Crippen LogP contribution is -2.40. The van der Waals surface area contributed by atoms with Crippen LogP contribution >= 0.6 is 0 Å². The van der Waals surface area contributed by atoms with Crippen molar-refractivity contribution in [2.75, 3.05) is 11.4 Å². The Morgan fingerprint density at radius 1 is 1.35 bits per heavy atom. The van der Waals surface area contributed by atoms with Crippen LogP contribution < -0.4 is 10.2 Å². The van der Waals surface area contributed by atoms with Gasteiger partial charge in [-0.2, -0.15) is 0 Å². The first-order valence-corrected chi connectivity index (χ1v) is 8.41. The van der Waals surface area contributed by atoms with Crippen molar-refractivity contribution < 1.29 is 14.0 Å². The Morgan fingerprint density at radius 2 is 2.04 bits per heavy atom. The van der Waals surface area contributed by atoms with Gasteiger partial charge in [0.2, 0.25) is 11.8 Å². The first-order chi connectivity index (χ1) is 11.0. The number of carbonyl (C=O) groups excluding carboxylic acids is 2. The minimum absolute atomic E-state index is 0.0170. The first kappa shape index (κ1) is 17.4. The van der Waals surface area contributed by atoms with Crippen LogP contribution in [0.1, 0.15) is 46.0 Å². The van der Waals surface area contributed by atoms with Crippen LogP contribution in [0.15, 0.2) is 24.3 Å². The summed E-state index contributed by atoms with van der Waals surface area (Å²) in [7, 11) is 0. The van der Waals surface area contributed by atoms with Crippen molar-refractivity contribution in [3.63, 3.8) is 0 Å². The fraction of sp³-hybridized carbons (Fsp3) is 0.556. The quantitative estimate of drug-likeness (QED) is 0.838. The average molecular weight is 320 g/mol. The van der Waals surface area contributed by atoms with Crippen molar-refractivity contribution >= 4 is 17.5 Å². The second kappa shape index (κ2) is 8.09. The lowest BCUT2D eigenvalue weighted by Gasteiger charge is -2.20. The summed E-state index contributed by atoms with van der Waals surface area (Å²) >= 11 is 0. The maximum Gasteiger partial charge on any atom is 0.229 e. The van der Waals surface area contributed by atoms with Crippen LogP contribution in [0.2, 0.25) is 0 Å². The maximum atomic E-state index is 13.3. The topological polar surface area (TPSA) is 49.4 Å². The molecule has 1 aliphatic rings. The molecule has 1 saturated heterocycles. The van der Waals surface area contributed by atoms with E-state index in [1.807, 2.05) is 0 Å². The van der Waals surface area contributed by atoms with E-state index >= 15 is 0 Å². The van der Waals surface area contributed by atoms with Gasteiger partial charge in [-0.25, -0.2) is 4.39 Å². The number of carbonyl (C=O) groups is 2. The van der Waals surface area contributed by atoms with Gasteiger partial charge in [-0.3, -0.25) is 9.59 Å². The number of hydrogen-bond donors (Lipinski definition) is 1. The lowest BCUT2D eigenvalue weighted by molar-refractivity contribution is -0.126. The number of halogens is 1. The van der Waals surface area contributed by atoms with E-state index < -0.39 is 0 Å². The maximum absolute atomic E-state index is 13.3. The Labute approximate surface area is 137 Å². The molecule has 1 aliphatic heterocycles. The second-order valence-electron chi connectivity index (χ2n) is 6.17. The molecule has 0 spiro atoms. The summed E-state index contributed by atoms with van der Waals surface area (Å²) in [5, 5.41) is 3.00. The molecule has 126 valence electrons. The van der Waals surface area contributed by atoms with Gasteiger partial charge in [0.15, 0.2) is 0 Å². The summed E-state index contributed by atoms with van der Waals surface area (Å²) in [4.78, 5) is 26.1. The molecule has 4 nitrogen and oxygen atoms in total. The van der Waals surface area contributed by atoms with Crippen LogP contribution in [0.4, 0.5) is 10.1 Å². The van der Waals surface area contributed by atoms with E-state index in [0.29, 0.717) is 12.2 Å². The Balaban J connectivity index is 1.98. The van der Waals surface area contributed by atoms with Gasteiger partial charge in [-0.15, -0.1) is 0 Å². The highest BCUT2D eigenvalue weighted by atomic mass is 19.1. The number of nitrogens with one attached hydrogen (secondary N) is 1. The first-order valence-electron chi connectivity index (χ1n) is 8.41. The number of hydrogen-bond acceptors (Lipinski definition) is 2. The smallest absolute Gasteiger partial charge is 0.229 e. The largest absolute Gasteiger partial charge is 0.351 e. The molecule has 0 saturated carbocycles. The van der Waals surface area contributed by atoms with E-state index in [4.69, 9.17) is 0 Å². The molecule has 0 aliphatic carbocycles. The third-order valence-electron chi connectivity index (χ3n) is 4.24. The van der Waals surface area contributed by atoms with Crippen LogP contribution in [0.3, 0.4) is 0 Å². The van der Waals surface area contributed by atoms with E-state index in [1.165, 1.54) is 12.1 Å². The van der Waals surface area contributed by atoms with Crippen molar-refractivity contribution in [1.82, 2.24) is 5.32 Å². The molecule has 1 heterocycles. The molecule has 1 atom stereocenters. The third-order valence-corrected chi connectivity index (χ3v) is 4.24. The van der Waals surface area contributed by atoms with Gasteiger partial charge in [0.05, 0.1) is 6.04 Å². The fourth-order valence-electron chi connectivity index (χ4n) is 3.12. The van der Waals surface area contributed by atoms with Crippen molar-refractivity contribution in [1.29, 1.82) is 0 Å². The molecule has 1 fully saturated rings. The summed E-state index contributed by atoms with van der Waals surface area (Å²) in [5.41, 5.74) is 0.547. The van der Waals surface area contributed by atoms with Crippen molar-refractivity contribution in [2.24, 2.45) is 5.92 Å². The number of nitrogens with zero attached hydrogens (tertiary/aromatic N) is 1. The highest BCUT2D eigenvalue weighted by Gasteiger charge is 2.32. The zero-order chi connectivity index (χ0) is 16.8. The van der Waals surface area contributed by atoms with Gasteiger partial charge in [0, 0.05) is 24.6 Å². The molecule has 2 amide bonds. The van der Waals surface area contributed by atoms with E-state index in [1.54, 1.807) is 17.0 Å². The standard InChI is InChI=1S/C18H25FN2O2/c1-3-6-13(7-4-2)18(23)20-15-11-17(22)21(12-15)16-9-5-8-14(19)10-16/h5,8-10,13,15H,3-4,6-7,11-12H2,1-2H3,(H,20,23). The van der Waals surface area contributed by atoms with Gasteiger partial charge < -0.3 is 10.2 Å². The van der Waals surface area contributed by atoms with Crippen LogP contribution in [0.25, 0.3) is 0 Å². The predicted molar refractivity (Wildman–Crippen MR) is 88.6 cm³/mol. The SMILES string of the molecule is CCCC(CCC)C(=O)NC1CC(=O)N(c2cccc(F)c2)C1. The van der Waals surface area contributed by atoms with Gasteiger partial charge in [-0.1, -0.05) is 32.8 Å². The Kier molecular flexibility index (Phi) is 6.13. The van der Waals surface area contributed by atoms with Crippen molar-refractivity contribution in [3.8, 4) is 0 Å². The second-order valence-corrected chi connectivity index (χ2v) is 6.17. The molecule has 1 N–H and O–H groups in total. The summed E-state index contributed by atoms with van der Waals surface area (Å²) < 4.78 is 13.3. The van der Waals surface area contributed by atoms with Gasteiger partial charge in [-0.05, 0) is 31.0 Å². The normalized spacial score (nSPS) is 17.8. The molecule has 1 unspecified atom stereocenters. The zero-order valence-corrected chi connectivity index (χ0v) is 13.8. The molecule has 23 heavy (non-hydrogen) atoms. The highest BCUT2D eigenvalue weighted by molar-refractivity contribution is 5.96. The summed E-state index contributed by atoms with van der Waals surface area (Å²) in [6.07, 6.45) is 3.95. The molecule has 1 aromatic rings. The third kappa shape index (κ3) is 4.53. The molecule has 0 radical (unpaired) electrons. The molecule has 2 rings (SSSR count). The molecule has 0 bridgehead atoms. The lowest BCUT2D eigenvalue weighted by atomic mass is 9.97. The number of amides is 2. The van der Waals surface area contributed by atoms with Crippen LogP contribution in [0.5, 0.6) is 0 Å². The minimum atomic E-state index is -0.367. The molecular formula is C18H25FN2O2. The van der Waals surface area contributed by atoms with Gasteiger partial charge >= 0.3 is 0 Å². The molecule has 5 heteroatoms. The fourth-order valence-corrected chi connectivity index (χ4v) is 3.12.